The van der Waals surface area contributed by atoms with E-state index in [-0.39, 0.29) is 10.6 Å². The largest absolute Gasteiger partial charge is 0.310 e. The van der Waals surface area contributed by atoms with E-state index in [1.807, 2.05) is 24.3 Å². The third-order valence-electron chi connectivity index (χ3n) is 3.25. The van der Waals surface area contributed by atoms with E-state index in [9.17, 15) is 10.1 Å². The molecule has 2 aromatic carbocycles. The van der Waals surface area contributed by atoms with Crippen LogP contribution in [0.2, 0.25) is 0 Å². The number of nitrogens with one attached hydrogen (secondary N) is 1. The fourth-order valence-corrected chi connectivity index (χ4v) is 2.53. The zero-order valence-corrected chi connectivity index (χ0v) is 13.3. The van der Waals surface area contributed by atoms with E-state index in [0.29, 0.717) is 17.1 Å². The summed E-state index contributed by atoms with van der Waals surface area (Å²) in [5.74, 6) is 0. The standard InChI is InChI=1S/C16H17BrN2O2/c1-12(9-13-5-3-2-4-6-13)18-11-14-7-8-15(17)16(10-14)19(20)21/h2-8,10,12,18H,9,11H2,1H3. The maximum Gasteiger partial charge on any atom is 0.283 e. The van der Waals surface area contributed by atoms with E-state index < -0.39 is 0 Å². The van der Waals surface area contributed by atoms with Gasteiger partial charge in [-0.15, -0.1) is 0 Å². The number of halogens is 1. The van der Waals surface area contributed by atoms with Gasteiger partial charge in [0.1, 0.15) is 0 Å². The first-order valence-corrected chi connectivity index (χ1v) is 7.55. The average molecular weight is 349 g/mol. The summed E-state index contributed by atoms with van der Waals surface area (Å²) in [6.07, 6.45) is 0.930. The van der Waals surface area contributed by atoms with Crippen molar-refractivity contribution in [1.29, 1.82) is 0 Å². The van der Waals surface area contributed by atoms with Gasteiger partial charge >= 0.3 is 0 Å². The molecule has 2 rings (SSSR count). The molecule has 0 aromatic heterocycles. The predicted octanol–water partition coefficient (Wildman–Crippen LogP) is 4.08. The van der Waals surface area contributed by atoms with Crippen LogP contribution in [0, 0.1) is 10.1 Å². The number of hydrogen-bond acceptors (Lipinski definition) is 3. The van der Waals surface area contributed by atoms with E-state index in [2.05, 4.69) is 40.3 Å². The fraction of sp³-hybridized carbons (Fsp3) is 0.250. The van der Waals surface area contributed by atoms with Crippen molar-refractivity contribution in [2.24, 2.45) is 0 Å². The van der Waals surface area contributed by atoms with Crippen LogP contribution >= 0.6 is 15.9 Å². The molecule has 21 heavy (non-hydrogen) atoms. The summed E-state index contributed by atoms with van der Waals surface area (Å²) in [5.41, 5.74) is 2.29. The molecule has 1 unspecified atom stereocenters. The molecule has 1 atom stereocenters. The van der Waals surface area contributed by atoms with Gasteiger partial charge in [0, 0.05) is 18.7 Å². The van der Waals surface area contributed by atoms with Crippen LogP contribution < -0.4 is 5.32 Å². The van der Waals surface area contributed by atoms with E-state index >= 15 is 0 Å². The summed E-state index contributed by atoms with van der Waals surface area (Å²) in [6, 6.07) is 15.8. The van der Waals surface area contributed by atoms with Gasteiger partial charge in [-0.05, 0) is 46.5 Å². The topological polar surface area (TPSA) is 55.2 Å². The van der Waals surface area contributed by atoms with Crippen molar-refractivity contribution in [2.75, 3.05) is 0 Å². The van der Waals surface area contributed by atoms with Crippen molar-refractivity contribution in [3.63, 3.8) is 0 Å². The summed E-state index contributed by atoms with van der Waals surface area (Å²) in [4.78, 5) is 10.5. The molecule has 0 radical (unpaired) electrons. The second-order valence-corrected chi connectivity index (χ2v) is 5.87. The van der Waals surface area contributed by atoms with Gasteiger partial charge in [0.25, 0.3) is 5.69 Å². The Balaban J connectivity index is 1.93. The van der Waals surface area contributed by atoms with Crippen LogP contribution in [0.25, 0.3) is 0 Å². The molecule has 1 N–H and O–H groups in total. The summed E-state index contributed by atoms with van der Waals surface area (Å²) in [6.45, 7) is 2.72. The Hall–Kier alpha value is -1.72. The smallest absolute Gasteiger partial charge is 0.283 e. The Labute approximate surface area is 132 Å². The number of nitro groups is 1. The van der Waals surface area contributed by atoms with Crippen LogP contribution in [-0.4, -0.2) is 11.0 Å². The zero-order valence-electron chi connectivity index (χ0n) is 11.8. The molecule has 0 aliphatic heterocycles. The minimum absolute atomic E-state index is 0.102. The van der Waals surface area contributed by atoms with Gasteiger partial charge in [-0.25, -0.2) is 0 Å². The monoisotopic (exact) mass is 348 g/mol. The van der Waals surface area contributed by atoms with Crippen LogP contribution in [0.4, 0.5) is 5.69 Å². The van der Waals surface area contributed by atoms with E-state index in [0.717, 1.165) is 12.0 Å². The Morgan fingerprint density at radius 1 is 1.19 bits per heavy atom. The first kappa shape index (κ1) is 15.7. The van der Waals surface area contributed by atoms with Crippen molar-refractivity contribution >= 4 is 21.6 Å². The number of nitro benzene ring substituents is 1. The molecule has 0 saturated heterocycles. The molecule has 0 aliphatic rings. The Morgan fingerprint density at radius 3 is 2.57 bits per heavy atom. The Kier molecular flexibility index (Phi) is 5.47. The highest BCUT2D eigenvalue weighted by molar-refractivity contribution is 9.10. The lowest BCUT2D eigenvalue weighted by Crippen LogP contribution is -2.27. The van der Waals surface area contributed by atoms with Gasteiger partial charge in [-0.1, -0.05) is 36.4 Å². The summed E-state index contributed by atoms with van der Waals surface area (Å²) >= 11 is 3.19. The van der Waals surface area contributed by atoms with E-state index in [4.69, 9.17) is 0 Å². The number of nitrogens with zero attached hydrogens (tertiary/aromatic N) is 1. The highest BCUT2D eigenvalue weighted by atomic mass is 79.9. The van der Waals surface area contributed by atoms with Gasteiger partial charge in [-0.3, -0.25) is 10.1 Å². The molecule has 5 heteroatoms. The fourth-order valence-electron chi connectivity index (χ4n) is 2.14. The maximum atomic E-state index is 10.9. The minimum atomic E-state index is -0.374. The molecular weight excluding hydrogens is 332 g/mol. The van der Waals surface area contributed by atoms with Crippen LogP contribution in [-0.2, 0) is 13.0 Å². The molecule has 0 aliphatic carbocycles. The van der Waals surface area contributed by atoms with Crippen molar-refractivity contribution in [3.05, 3.63) is 74.2 Å². The molecule has 110 valence electrons. The second-order valence-electron chi connectivity index (χ2n) is 5.01. The van der Waals surface area contributed by atoms with Gasteiger partial charge < -0.3 is 5.32 Å². The maximum absolute atomic E-state index is 10.9. The lowest BCUT2D eigenvalue weighted by molar-refractivity contribution is -0.385. The minimum Gasteiger partial charge on any atom is -0.310 e. The molecule has 2 aromatic rings. The van der Waals surface area contributed by atoms with E-state index in [1.54, 1.807) is 12.1 Å². The summed E-state index contributed by atoms with van der Waals surface area (Å²) in [7, 11) is 0. The molecule has 0 fully saturated rings. The SMILES string of the molecule is CC(Cc1ccccc1)NCc1ccc(Br)c([N+](=O)[O-])c1. The third kappa shape index (κ3) is 4.65. The zero-order chi connectivity index (χ0) is 15.2. The number of benzene rings is 2. The number of hydrogen-bond donors (Lipinski definition) is 1. The molecule has 0 saturated carbocycles. The second kappa shape index (κ2) is 7.33. The normalized spacial score (nSPS) is 12.1. The predicted molar refractivity (Wildman–Crippen MR) is 87.2 cm³/mol. The molecule has 0 bridgehead atoms. The van der Waals surface area contributed by atoms with Gasteiger partial charge in [0.2, 0.25) is 0 Å². The van der Waals surface area contributed by atoms with E-state index in [1.165, 1.54) is 5.56 Å². The van der Waals surface area contributed by atoms with Crippen LogP contribution in [0.15, 0.2) is 53.0 Å². The average Bonchev–Trinajstić information content (AvgIpc) is 2.47. The van der Waals surface area contributed by atoms with Gasteiger partial charge in [0.05, 0.1) is 9.40 Å². The van der Waals surface area contributed by atoms with Crippen LogP contribution in [0.3, 0.4) is 0 Å². The first-order valence-electron chi connectivity index (χ1n) is 6.76. The molecule has 0 heterocycles. The highest BCUT2D eigenvalue weighted by Gasteiger charge is 2.12. The van der Waals surface area contributed by atoms with Crippen molar-refractivity contribution in [1.82, 2.24) is 5.32 Å². The molecule has 0 amide bonds. The molecular formula is C16H17BrN2O2. The quantitative estimate of drug-likeness (QED) is 0.632. The summed E-state index contributed by atoms with van der Waals surface area (Å²) in [5, 5.41) is 14.3. The lowest BCUT2D eigenvalue weighted by Gasteiger charge is -2.14. The Bertz CT molecular complexity index is 617. The van der Waals surface area contributed by atoms with Gasteiger partial charge in [0.15, 0.2) is 0 Å². The molecule has 4 nitrogen and oxygen atoms in total. The highest BCUT2D eigenvalue weighted by Crippen LogP contribution is 2.25. The first-order chi connectivity index (χ1) is 10.1. The number of rotatable bonds is 6. The third-order valence-corrected chi connectivity index (χ3v) is 3.92. The lowest BCUT2D eigenvalue weighted by atomic mass is 10.1. The van der Waals surface area contributed by atoms with Gasteiger partial charge in [-0.2, -0.15) is 0 Å². The molecule has 0 spiro atoms. The Morgan fingerprint density at radius 2 is 1.90 bits per heavy atom. The van der Waals surface area contributed by atoms with Crippen molar-refractivity contribution in [3.8, 4) is 0 Å². The van der Waals surface area contributed by atoms with Crippen LogP contribution in [0.5, 0.6) is 0 Å². The van der Waals surface area contributed by atoms with Crippen LogP contribution in [0.1, 0.15) is 18.1 Å². The summed E-state index contributed by atoms with van der Waals surface area (Å²) < 4.78 is 0.508. The van der Waals surface area contributed by atoms with Crippen molar-refractivity contribution in [2.45, 2.75) is 25.9 Å². The van der Waals surface area contributed by atoms with Crippen molar-refractivity contribution < 1.29 is 4.92 Å².